The van der Waals surface area contributed by atoms with Crippen molar-refractivity contribution >= 4 is 11.8 Å². The second-order valence-electron chi connectivity index (χ2n) is 6.67. The fourth-order valence-electron chi connectivity index (χ4n) is 3.22. The van der Waals surface area contributed by atoms with Crippen LogP contribution in [0, 0.1) is 6.92 Å². The van der Waals surface area contributed by atoms with Gasteiger partial charge in [-0.1, -0.05) is 16.8 Å². The number of fused-ring (bicyclic) bond motifs is 1. The Morgan fingerprint density at radius 3 is 2.62 bits per heavy atom. The Morgan fingerprint density at radius 1 is 1.25 bits per heavy atom. The summed E-state index contributed by atoms with van der Waals surface area (Å²) in [6.45, 7) is 3.59. The molecule has 2 aromatic rings. The molecule has 2 amide bonds. The van der Waals surface area contributed by atoms with Crippen LogP contribution < -0.4 is 5.73 Å². The number of benzene rings is 1. The smallest absolute Gasteiger partial charge is 0.262 e. The van der Waals surface area contributed by atoms with E-state index in [0.717, 1.165) is 24.8 Å². The van der Waals surface area contributed by atoms with Crippen LogP contribution in [0.15, 0.2) is 22.7 Å². The van der Waals surface area contributed by atoms with Crippen LogP contribution in [0.3, 0.4) is 0 Å². The maximum absolute atomic E-state index is 12.6. The van der Waals surface area contributed by atoms with Crippen LogP contribution in [0.1, 0.15) is 70.2 Å². The summed E-state index contributed by atoms with van der Waals surface area (Å²) in [7, 11) is 0. The van der Waals surface area contributed by atoms with Crippen LogP contribution in [0.5, 0.6) is 0 Å². The van der Waals surface area contributed by atoms with Crippen molar-refractivity contribution in [2.24, 2.45) is 5.73 Å². The molecule has 1 aliphatic carbocycles. The quantitative estimate of drug-likeness (QED) is 0.866. The summed E-state index contributed by atoms with van der Waals surface area (Å²) in [5.74, 6) is 0.00131. The molecule has 2 heterocycles. The summed E-state index contributed by atoms with van der Waals surface area (Å²) < 4.78 is 5.29. The number of nitrogens with zero attached hydrogens (tertiary/aromatic N) is 3. The van der Waals surface area contributed by atoms with Gasteiger partial charge in [0, 0.05) is 0 Å². The second-order valence-corrected chi connectivity index (χ2v) is 6.67. The monoisotopic (exact) mass is 326 g/mol. The maximum atomic E-state index is 12.6. The molecular formula is C17H18N4O3. The minimum absolute atomic E-state index is 0.230. The Morgan fingerprint density at radius 2 is 1.96 bits per heavy atom. The number of rotatable bonds is 3. The molecule has 0 radical (unpaired) electrons. The van der Waals surface area contributed by atoms with E-state index in [0.29, 0.717) is 17.0 Å². The molecule has 1 aromatic carbocycles. The highest BCUT2D eigenvalue weighted by Gasteiger charge is 2.43. The minimum atomic E-state index is -0.636. The van der Waals surface area contributed by atoms with Crippen molar-refractivity contribution in [3.63, 3.8) is 0 Å². The Hall–Kier alpha value is -2.54. The average molecular weight is 326 g/mol. The number of carbonyl (C=O) groups is 2. The number of hydrogen-bond donors (Lipinski definition) is 1. The first kappa shape index (κ1) is 15.0. The summed E-state index contributed by atoms with van der Waals surface area (Å²) in [5, 5.41) is 3.96. The summed E-state index contributed by atoms with van der Waals surface area (Å²) >= 11 is 0. The van der Waals surface area contributed by atoms with E-state index in [1.54, 1.807) is 19.1 Å². The van der Waals surface area contributed by atoms with Gasteiger partial charge in [0.05, 0.1) is 16.7 Å². The van der Waals surface area contributed by atoms with Crippen molar-refractivity contribution in [3.8, 4) is 0 Å². The van der Waals surface area contributed by atoms with E-state index in [1.165, 1.54) is 4.90 Å². The molecule has 1 saturated carbocycles. The third-order valence-corrected chi connectivity index (χ3v) is 4.95. The van der Waals surface area contributed by atoms with Crippen LogP contribution in [-0.4, -0.2) is 26.9 Å². The summed E-state index contributed by atoms with van der Waals surface area (Å²) in [4.78, 5) is 30.8. The molecule has 1 aliphatic heterocycles. The van der Waals surface area contributed by atoms with E-state index in [9.17, 15) is 9.59 Å². The Kier molecular flexibility index (Phi) is 3.11. The molecule has 1 atom stereocenters. The van der Waals surface area contributed by atoms with Gasteiger partial charge in [-0.3, -0.25) is 14.5 Å². The average Bonchev–Trinajstić information content (AvgIpc) is 3.10. The van der Waals surface area contributed by atoms with Gasteiger partial charge in [-0.15, -0.1) is 0 Å². The van der Waals surface area contributed by atoms with E-state index in [-0.39, 0.29) is 17.7 Å². The van der Waals surface area contributed by atoms with E-state index >= 15 is 0 Å². The van der Waals surface area contributed by atoms with E-state index in [1.807, 2.05) is 13.0 Å². The number of nitrogens with two attached hydrogens (primary N) is 1. The summed E-state index contributed by atoms with van der Waals surface area (Å²) in [6, 6.07) is 4.59. The predicted molar refractivity (Wildman–Crippen MR) is 84.1 cm³/mol. The minimum Gasteiger partial charge on any atom is -0.337 e. The zero-order valence-corrected chi connectivity index (χ0v) is 13.6. The highest BCUT2D eigenvalue weighted by molar-refractivity contribution is 6.21. The van der Waals surface area contributed by atoms with E-state index in [2.05, 4.69) is 10.1 Å². The van der Waals surface area contributed by atoms with Gasteiger partial charge in [-0.2, -0.15) is 4.98 Å². The first-order chi connectivity index (χ1) is 11.4. The molecule has 7 nitrogen and oxygen atoms in total. The molecule has 0 spiro atoms. The maximum Gasteiger partial charge on any atom is 0.262 e. The Bertz CT molecular complexity index is 853. The van der Waals surface area contributed by atoms with Crippen molar-refractivity contribution < 1.29 is 14.1 Å². The molecular weight excluding hydrogens is 308 g/mol. The summed E-state index contributed by atoms with van der Waals surface area (Å²) in [5.41, 5.74) is 7.41. The van der Waals surface area contributed by atoms with Crippen molar-refractivity contribution in [1.82, 2.24) is 15.0 Å². The van der Waals surface area contributed by atoms with Gasteiger partial charge in [0.25, 0.3) is 11.8 Å². The highest BCUT2D eigenvalue weighted by atomic mass is 16.5. The van der Waals surface area contributed by atoms with E-state index in [4.69, 9.17) is 10.3 Å². The summed E-state index contributed by atoms with van der Waals surface area (Å²) in [6.07, 6.45) is 2.66. The Labute approximate surface area is 138 Å². The fourth-order valence-corrected chi connectivity index (χ4v) is 3.22. The molecule has 2 aliphatic rings. The van der Waals surface area contributed by atoms with Crippen LogP contribution >= 0.6 is 0 Å². The SMILES string of the molecule is Cc1ccc2c(c1)C(=O)N(C(C)c1nc(C3(N)CCC3)no1)C2=O. The van der Waals surface area contributed by atoms with Crippen LogP contribution in [0.25, 0.3) is 0 Å². The molecule has 1 fully saturated rings. The van der Waals surface area contributed by atoms with Gasteiger partial charge >= 0.3 is 0 Å². The van der Waals surface area contributed by atoms with Gasteiger partial charge < -0.3 is 10.3 Å². The van der Waals surface area contributed by atoms with Gasteiger partial charge in [0.2, 0.25) is 5.89 Å². The van der Waals surface area contributed by atoms with Crippen molar-refractivity contribution in [1.29, 1.82) is 0 Å². The normalized spacial score (nSPS) is 20.0. The third kappa shape index (κ3) is 2.01. The van der Waals surface area contributed by atoms with Crippen molar-refractivity contribution in [3.05, 3.63) is 46.6 Å². The highest BCUT2D eigenvalue weighted by Crippen LogP contribution is 2.38. The number of aryl methyl sites for hydroxylation is 1. The van der Waals surface area contributed by atoms with Crippen molar-refractivity contribution in [2.45, 2.75) is 44.7 Å². The molecule has 2 N–H and O–H groups in total. The third-order valence-electron chi connectivity index (χ3n) is 4.95. The van der Waals surface area contributed by atoms with Crippen LogP contribution in [-0.2, 0) is 5.54 Å². The number of imide groups is 1. The fraction of sp³-hybridized carbons (Fsp3) is 0.412. The molecule has 4 rings (SSSR count). The van der Waals surface area contributed by atoms with E-state index < -0.39 is 11.6 Å². The first-order valence-corrected chi connectivity index (χ1v) is 8.02. The van der Waals surface area contributed by atoms with Gasteiger partial charge in [-0.25, -0.2) is 0 Å². The second kappa shape index (κ2) is 4.98. The zero-order chi connectivity index (χ0) is 17.1. The molecule has 0 bridgehead atoms. The zero-order valence-electron chi connectivity index (χ0n) is 13.6. The van der Waals surface area contributed by atoms with Crippen LogP contribution in [0.2, 0.25) is 0 Å². The topological polar surface area (TPSA) is 102 Å². The number of hydrogen-bond acceptors (Lipinski definition) is 6. The first-order valence-electron chi connectivity index (χ1n) is 8.02. The predicted octanol–water partition coefficient (Wildman–Crippen LogP) is 2.07. The molecule has 124 valence electrons. The number of amides is 2. The van der Waals surface area contributed by atoms with Crippen molar-refractivity contribution in [2.75, 3.05) is 0 Å². The lowest BCUT2D eigenvalue weighted by molar-refractivity contribution is 0.0568. The van der Waals surface area contributed by atoms with Gasteiger partial charge in [0.15, 0.2) is 5.82 Å². The molecule has 0 saturated heterocycles. The number of aromatic nitrogens is 2. The lowest BCUT2D eigenvalue weighted by Crippen LogP contribution is -2.44. The Balaban J connectivity index is 1.65. The van der Waals surface area contributed by atoms with Gasteiger partial charge in [-0.05, 0) is 45.2 Å². The van der Waals surface area contributed by atoms with Gasteiger partial charge in [0.1, 0.15) is 6.04 Å². The standard InChI is InChI=1S/C17H18N4O3/c1-9-4-5-11-12(8-9)15(23)21(14(11)22)10(2)13-19-16(20-24-13)17(18)6-3-7-17/h4-5,8,10H,3,6-7,18H2,1-2H3. The lowest BCUT2D eigenvalue weighted by atomic mass is 9.77. The molecule has 1 aromatic heterocycles. The number of carbonyl (C=O) groups excluding carboxylic acids is 2. The van der Waals surface area contributed by atoms with Crippen LogP contribution in [0.4, 0.5) is 0 Å². The lowest BCUT2D eigenvalue weighted by Gasteiger charge is -2.34. The molecule has 1 unspecified atom stereocenters. The molecule has 24 heavy (non-hydrogen) atoms. The largest absolute Gasteiger partial charge is 0.337 e. The molecule has 7 heteroatoms.